The van der Waals surface area contributed by atoms with Crippen LogP contribution in [0.4, 0.5) is 5.69 Å². The number of aromatic nitrogens is 1. The summed E-state index contributed by atoms with van der Waals surface area (Å²) in [5, 5.41) is 4.15. The zero-order valence-corrected chi connectivity index (χ0v) is 12.4. The Balaban J connectivity index is 2.28. The van der Waals surface area contributed by atoms with Gasteiger partial charge in [0.15, 0.2) is 0 Å². The topological polar surface area (TPSA) is 51.2 Å². The summed E-state index contributed by atoms with van der Waals surface area (Å²) in [7, 11) is 0. The third-order valence-electron chi connectivity index (χ3n) is 2.69. The van der Waals surface area contributed by atoms with Crippen LogP contribution in [0, 0.1) is 0 Å². The molecule has 0 amide bonds. The minimum atomic E-state index is -0.406. The van der Waals surface area contributed by atoms with Crippen LogP contribution in [0.15, 0.2) is 34.9 Å². The van der Waals surface area contributed by atoms with Crippen LogP contribution < -0.4 is 5.32 Å². The second-order valence-corrected chi connectivity index (χ2v) is 5.06. The van der Waals surface area contributed by atoms with Crippen molar-refractivity contribution in [2.24, 2.45) is 0 Å². The van der Waals surface area contributed by atoms with E-state index in [-0.39, 0.29) is 5.97 Å². The highest BCUT2D eigenvalue weighted by molar-refractivity contribution is 9.10. The Morgan fingerprint density at radius 3 is 3.05 bits per heavy atom. The molecule has 1 aromatic carbocycles. The molecule has 1 atom stereocenters. The smallest absolute Gasteiger partial charge is 0.328 e. The summed E-state index contributed by atoms with van der Waals surface area (Å²) in [5.41, 5.74) is 1.66. The summed E-state index contributed by atoms with van der Waals surface area (Å²) in [6.07, 6.45) is 1.74. The molecule has 1 heterocycles. The molecule has 19 heavy (non-hydrogen) atoms. The van der Waals surface area contributed by atoms with Crippen molar-refractivity contribution >= 4 is 38.5 Å². The Morgan fingerprint density at radius 1 is 1.53 bits per heavy atom. The van der Waals surface area contributed by atoms with Gasteiger partial charge in [-0.2, -0.15) is 0 Å². The van der Waals surface area contributed by atoms with E-state index in [2.05, 4.69) is 26.2 Å². The normalized spacial score (nSPS) is 12.2. The maximum Gasteiger partial charge on any atom is 0.328 e. The first-order valence-corrected chi connectivity index (χ1v) is 6.88. The van der Waals surface area contributed by atoms with Crippen LogP contribution in [-0.2, 0) is 9.53 Å². The second-order valence-electron chi connectivity index (χ2n) is 4.15. The van der Waals surface area contributed by atoms with Gasteiger partial charge in [-0.3, -0.25) is 4.98 Å². The Hall–Kier alpha value is -1.62. The van der Waals surface area contributed by atoms with Crippen molar-refractivity contribution in [3.05, 3.63) is 34.9 Å². The first-order chi connectivity index (χ1) is 9.11. The predicted octanol–water partition coefficient (Wildman–Crippen LogP) is 3.36. The van der Waals surface area contributed by atoms with E-state index in [0.29, 0.717) is 6.61 Å². The van der Waals surface area contributed by atoms with E-state index in [4.69, 9.17) is 4.74 Å². The standard InChI is InChI=1S/C14H15BrN2O2/c1-3-19-14(18)9(2)17-12-6-4-5-10-7-11(15)8-16-13(10)12/h4-9,17H,3H2,1-2H3. The van der Waals surface area contributed by atoms with E-state index in [0.717, 1.165) is 21.1 Å². The Kier molecular flexibility index (Phi) is 4.37. The number of anilines is 1. The summed E-state index contributed by atoms with van der Waals surface area (Å²) in [6.45, 7) is 3.95. The number of nitrogens with zero attached hydrogens (tertiary/aromatic N) is 1. The van der Waals surface area contributed by atoms with Crippen LogP contribution in [0.2, 0.25) is 0 Å². The van der Waals surface area contributed by atoms with Gasteiger partial charge in [-0.25, -0.2) is 4.79 Å². The molecule has 1 aromatic heterocycles. The average molecular weight is 323 g/mol. The first kappa shape index (κ1) is 13.8. The SMILES string of the molecule is CCOC(=O)C(C)Nc1cccc2cc(Br)cnc12. The van der Waals surface area contributed by atoms with Gasteiger partial charge in [0.05, 0.1) is 17.8 Å². The van der Waals surface area contributed by atoms with Crippen LogP contribution in [0.1, 0.15) is 13.8 Å². The third-order valence-corrected chi connectivity index (χ3v) is 3.12. The van der Waals surface area contributed by atoms with Gasteiger partial charge in [-0.15, -0.1) is 0 Å². The van der Waals surface area contributed by atoms with Crippen molar-refractivity contribution in [1.29, 1.82) is 0 Å². The number of esters is 1. The van der Waals surface area contributed by atoms with E-state index in [1.54, 1.807) is 20.0 Å². The number of pyridine rings is 1. The van der Waals surface area contributed by atoms with Crippen LogP contribution in [0.5, 0.6) is 0 Å². The van der Waals surface area contributed by atoms with Gasteiger partial charge in [-0.05, 0) is 41.9 Å². The second kappa shape index (κ2) is 6.02. The van der Waals surface area contributed by atoms with Gasteiger partial charge in [0.25, 0.3) is 0 Å². The number of benzene rings is 1. The molecule has 0 saturated carbocycles. The molecular formula is C14H15BrN2O2. The number of fused-ring (bicyclic) bond motifs is 1. The van der Waals surface area contributed by atoms with Crippen molar-refractivity contribution in [2.45, 2.75) is 19.9 Å². The highest BCUT2D eigenvalue weighted by atomic mass is 79.9. The number of carbonyl (C=O) groups excluding carboxylic acids is 1. The highest BCUT2D eigenvalue weighted by Gasteiger charge is 2.14. The predicted molar refractivity (Wildman–Crippen MR) is 79.2 cm³/mol. The van der Waals surface area contributed by atoms with Gasteiger partial charge < -0.3 is 10.1 Å². The minimum absolute atomic E-state index is 0.267. The lowest BCUT2D eigenvalue weighted by Crippen LogP contribution is -2.28. The molecule has 0 spiro atoms. The van der Waals surface area contributed by atoms with Crippen LogP contribution >= 0.6 is 15.9 Å². The van der Waals surface area contributed by atoms with Crippen molar-refractivity contribution in [1.82, 2.24) is 4.98 Å². The van der Waals surface area contributed by atoms with Crippen LogP contribution in [-0.4, -0.2) is 23.6 Å². The molecule has 4 nitrogen and oxygen atoms in total. The zero-order valence-electron chi connectivity index (χ0n) is 10.8. The molecular weight excluding hydrogens is 308 g/mol. The molecule has 2 rings (SSSR count). The van der Waals surface area contributed by atoms with Crippen LogP contribution in [0.25, 0.3) is 10.9 Å². The number of ether oxygens (including phenoxy) is 1. The van der Waals surface area contributed by atoms with E-state index < -0.39 is 6.04 Å². The summed E-state index contributed by atoms with van der Waals surface area (Å²) in [6, 6.07) is 7.39. The van der Waals surface area contributed by atoms with Gasteiger partial charge >= 0.3 is 5.97 Å². The van der Waals surface area contributed by atoms with Gasteiger partial charge in [-0.1, -0.05) is 12.1 Å². The van der Waals surface area contributed by atoms with Crippen molar-refractivity contribution in [3.63, 3.8) is 0 Å². The molecule has 1 unspecified atom stereocenters. The lowest BCUT2D eigenvalue weighted by atomic mass is 10.2. The fraction of sp³-hybridized carbons (Fsp3) is 0.286. The Labute approximate surface area is 120 Å². The number of halogens is 1. The first-order valence-electron chi connectivity index (χ1n) is 6.09. The molecule has 0 aliphatic heterocycles. The van der Waals surface area contributed by atoms with Crippen LogP contribution in [0.3, 0.4) is 0 Å². The molecule has 5 heteroatoms. The lowest BCUT2D eigenvalue weighted by molar-refractivity contribution is -0.143. The molecule has 2 aromatic rings. The fourth-order valence-corrected chi connectivity index (χ4v) is 2.16. The van der Waals surface area contributed by atoms with Crippen molar-refractivity contribution in [3.8, 4) is 0 Å². The fourth-order valence-electron chi connectivity index (χ4n) is 1.81. The molecule has 100 valence electrons. The molecule has 0 radical (unpaired) electrons. The number of nitrogens with one attached hydrogen (secondary N) is 1. The molecule has 0 bridgehead atoms. The number of hydrogen-bond donors (Lipinski definition) is 1. The van der Waals surface area contributed by atoms with E-state index in [9.17, 15) is 4.79 Å². The zero-order chi connectivity index (χ0) is 13.8. The number of rotatable bonds is 4. The quantitative estimate of drug-likeness (QED) is 0.877. The van der Waals surface area contributed by atoms with Gasteiger partial charge in [0.1, 0.15) is 6.04 Å². The average Bonchev–Trinajstić information content (AvgIpc) is 2.38. The van der Waals surface area contributed by atoms with E-state index >= 15 is 0 Å². The summed E-state index contributed by atoms with van der Waals surface area (Å²) in [5.74, 6) is -0.267. The van der Waals surface area contributed by atoms with E-state index in [1.807, 2.05) is 24.3 Å². The molecule has 0 aliphatic rings. The largest absolute Gasteiger partial charge is 0.464 e. The monoisotopic (exact) mass is 322 g/mol. The van der Waals surface area contributed by atoms with Gasteiger partial charge in [0.2, 0.25) is 0 Å². The summed E-state index contributed by atoms with van der Waals surface area (Å²) in [4.78, 5) is 16.0. The summed E-state index contributed by atoms with van der Waals surface area (Å²) < 4.78 is 5.90. The number of hydrogen-bond acceptors (Lipinski definition) is 4. The molecule has 1 N–H and O–H groups in total. The Morgan fingerprint density at radius 2 is 2.32 bits per heavy atom. The highest BCUT2D eigenvalue weighted by Crippen LogP contribution is 2.24. The minimum Gasteiger partial charge on any atom is -0.464 e. The van der Waals surface area contributed by atoms with Crippen molar-refractivity contribution < 1.29 is 9.53 Å². The van der Waals surface area contributed by atoms with E-state index in [1.165, 1.54) is 0 Å². The van der Waals surface area contributed by atoms with Crippen molar-refractivity contribution in [2.75, 3.05) is 11.9 Å². The third kappa shape index (κ3) is 3.23. The lowest BCUT2D eigenvalue weighted by Gasteiger charge is -2.15. The summed E-state index contributed by atoms with van der Waals surface area (Å²) >= 11 is 3.39. The molecule has 0 fully saturated rings. The number of carbonyl (C=O) groups is 1. The molecule has 0 aliphatic carbocycles. The maximum absolute atomic E-state index is 11.6. The Bertz CT molecular complexity index is 601. The maximum atomic E-state index is 11.6. The number of para-hydroxylation sites is 1. The molecule has 0 saturated heterocycles. The van der Waals surface area contributed by atoms with Gasteiger partial charge in [0, 0.05) is 16.1 Å².